The van der Waals surface area contributed by atoms with Gasteiger partial charge in [0, 0.05) is 17.0 Å². The average molecular weight is 262 g/mol. The maximum absolute atomic E-state index is 5.16. The maximum Gasteiger partial charge on any atom is 0.183 e. The van der Waals surface area contributed by atoms with Crippen LogP contribution in [0.4, 0.5) is 5.13 Å². The van der Waals surface area contributed by atoms with Gasteiger partial charge in [0.25, 0.3) is 0 Å². The number of ether oxygens (including phenoxy) is 1. The molecule has 18 heavy (non-hydrogen) atoms. The minimum atomic E-state index is 0.871. The van der Waals surface area contributed by atoms with E-state index >= 15 is 0 Å². The molecule has 3 nitrogen and oxygen atoms in total. The van der Waals surface area contributed by atoms with Gasteiger partial charge in [0.15, 0.2) is 5.13 Å². The van der Waals surface area contributed by atoms with Gasteiger partial charge in [-0.1, -0.05) is 6.92 Å². The Hall–Kier alpha value is -1.55. The zero-order chi connectivity index (χ0) is 13.0. The lowest BCUT2D eigenvalue weighted by Gasteiger charge is -2.01. The van der Waals surface area contributed by atoms with Crippen LogP contribution < -0.4 is 10.1 Å². The van der Waals surface area contributed by atoms with E-state index in [4.69, 9.17) is 4.74 Å². The number of methoxy groups -OCH3 is 1. The van der Waals surface area contributed by atoms with Gasteiger partial charge >= 0.3 is 0 Å². The lowest BCUT2D eigenvalue weighted by molar-refractivity contribution is 0.415. The van der Waals surface area contributed by atoms with Crippen molar-refractivity contribution >= 4 is 16.5 Å². The Morgan fingerprint density at radius 3 is 2.61 bits per heavy atom. The molecule has 0 saturated carbocycles. The Morgan fingerprint density at radius 1 is 1.28 bits per heavy atom. The standard InChI is InChI=1S/C14H18N2OS/c1-4-9-15-14-16-13(10(2)18-14)11-5-7-12(17-3)8-6-11/h5-8H,4,9H2,1-3H3,(H,15,16). The van der Waals surface area contributed by atoms with E-state index in [1.54, 1.807) is 18.4 Å². The van der Waals surface area contributed by atoms with Crippen LogP contribution in [0.5, 0.6) is 5.75 Å². The van der Waals surface area contributed by atoms with E-state index in [9.17, 15) is 0 Å². The molecule has 0 radical (unpaired) electrons. The van der Waals surface area contributed by atoms with Crippen LogP contribution in [-0.2, 0) is 0 Å². The largest absolute Gasteiger partial charge is 0.497 e. The van der Waals surface area contributed by atoms with Crippen molar-refractivity contribution < 1.29 is 4.74 Å². The molecule has 0 aliphatic carbocycles. The molecule has 2 aromatic rings. The SMILES string of the molecule is CCCNc1nc(-c2ccc(OC)cc2)c(C)s1. The van der Waals surface area contributed by atoms with Crippen molar-refractivity contribution in [1.82, 2.24) is 4.98 Å². The summed E-state index contributed by atoms with van der Waals surface area (Å²) in [6, 6.07) is 8.02. The van der Waals surface area contributed by atoms with Crippen LogP contribution in [0.15, 0.2) is 24.3 Å². The summed E-state index contributed by atoms with van der Waals surface area (Å²) in [6.45, 7) is 5.22. The van der Waals surface area contributed by atoms with Gasteiger partial charge in [-0.2, -0.15) is 0 Å². The molecule has 1 aromatic heterocycles. The topological polar surface area (TPSA) is 34.2 Å². The Morgan fingerprint density at radius 2 is 2.00 bits per heavy atom. The summed E-state index contributed by atoms with van der Waals surface area (Å²) >= 11 is 1.71. The number of benzene rings is 1. The molecule has 0 bridgehead atoms. The van der Waals surface area contributed by atoms with Gasteiger partial charge in [0.2, 0.25) is 0 Å². The van der Waals surface area contributed by atoms with Gasteiger partial charge in [0.1, 0.15) is 5.75 Å². The average Bonchev–Trinajstić information content (AvgIpc) is 2.78. The Bertz CT molecular complexity index is 505. The Kier molecular flexibility index (Phi) is 4.20. The third kappa shape index (κ3) is 2.82. The van der Waals surface area contributed by atoms with Crippen LogP contribution in [-0.4, -0.2) is 18.6 Å². The van der Waals surface area contributed by atoms with Crippen molar-refractivity contribution in [3.8, 4) is 17.0 Å². The van der Waals surface area contributed by atoms with Crippen molar-refractivity contribution in [2.24, 2.45) is 0 Å². The highest BCUT2D eigenvalue weighted by Crippen LogP contribution is 2.31. The van der Waals surface area contributed by atoms with Crippen molar-refractivity contribution in [1.29, 1.82) is 0 Å². The smallest absolute Gasteiger partial charge is 0.183 e. The fraction of sp³-hybridized carbons (Fsp3) is 0.357. The van der Waals surface area contributed by atoms with Crippen molar-refractivity contribution in [2.45, 2.75) is 20.3 Å². The molecule has 0 fully saturated rings. The van der Waals surface area contributed by atoms with Gasteiger partial charge in [-0.3, -0.25) is 0 Å². The first-order valence-electron chi connectivity index (χ1n) is 6.10. The molecule has 2 rings (SSSR count). The van der Waals surface area contributed by atoms with Crippen LogP contribution in [0.25, 0.3) is 11.3 Å². The lowest BCUT2D eigenvalue weighted by atomic mass is 10.1. The van der Waals surface area contributed by atoms with E-state index in [0.717, 1.165) is 35.1 Å². The number of nitrogens with zero attached hydrogens (tertiary/aromatic N) is 1. The molecule has 0 atom stereocenters. The van der Waals surface area contributed by atoms with Gasteiger partial charge in [-0.25, -0.2) is 4.98 Å². The summed E-state index contributed by atoms with van der Waals surface area (Å²) in [7, 11) is 1.68. The molecule has 0 aliphatic heterocycles. The number of hydrogen-bond acceptors (Lipinski definition) is 4. The van der Waals surface area contributed by atoms with Crippen LogP contribution in [0, 0.1) is 6.92 Å². The summed E-state index contributed by atoms with van der Waals surface area (Å²) in [5.74, 6) is 0.871. The number of hydrogen-bond donors (Lipinski definition) is 1. The Balaban J connectivity index is 2.23. The number of thiazole rings is 1. The van der Waals surface area contributed by atoms with E-state index in [0.29, 0.717) is 0 Å². The fourth-order valence-electron chi connectivity index (χ4n) is 1.72. The van der Waals surface area contributed by atoms with Crippen molar-refractivity contribution in [2.75, 3.05) is 19.0 Å². The second-order valence-corrected chi connectivity index (χ2v) is 5.28. The highest BCUT2D eigenvalue weighted by atomic mass is 32.1. The van der Waals surface area contributed by atoms with Crippen molar-refractivity contribution in [3.63, 3.8) is 0 Å². The second-order valence-electron chi connectivity index (χ2n) is 4.08. The number of rotatable bonds is 5. The zero-order valence-electron chi connectivity index (χ0n) is 11.0. The lowest BCUT2D eigenvalue weighted by Crippen LogP contribution is -1.98. The second kappa shape index (κ2) is 5.87. The van der Waals surface area contributed by atoms with E-state index in [1.807, 2.05) is 24.3 Å². The highest BCUT2D eigenvalue weighted by molar-refractivity contribution is 7.16. The molecule has 1 heterocycles. The van der Waals surface area contributed by atoms with E-state index in [1.165, 1.54) is 4.88 Å². The van der Waals surface area contributed by atoms with Crippen LogP contribution >= 0.6 is 11.3 Å². The van der Waals surface area contributed by atoms with E-state index < -0.39 is 0 Å². The van der Waals surface area contributed by atoms with Crippen molar-refractivity contribution in [3.05, 3.63) is 29.1 Å². The van der Waals surface area contributed by atoms with E-state index in [2.05, 4.69) is 24.1 Å². The molecule has 4 heteroatoms. The highest BCUT2D eigenvalue weighted by Gasteiger charge is 2.09. The third-order valence-corrected chi connectivity index (χ3v) is 3.61. The number of aromatic nitrogens is 1. The van der Waals surface area contributed by atoms with Gasteiger partial charge in [-0.15, -0.1) is 11.3 Å². The van der Waals surface area contributed by atoms with Crippen LogP contribution in [0.3, 0.4) is 0 Å². The summed E-state index contributed by atoms with van der Waals surface area (Å²) < 4.78 is 5.16. The molecule has 0 aliphatic rings. The molecule has 0 saturated heterocycles. The number of nitrogens with one attached hydrogen (secondary N) is 1. The quantitative estimate of drug-likeness (QED) is 0.886. The monoisotopic (exact) mass is 262 g/mol. The predicted octanol–water partition coefficient (Wildman–Crippen LogP) is 3.95. The molecule has 96 valence electrons. The zero-order valence-corrected chi connectivity index (χ0v) is 11.8. The number of aryl methyl sites for hydroxylation is 1. The summed E-state index contributed by atoms with van der Waals surface area (Å²) in [6.07, 6.45) is 1.11. The van der Waals surface area contributed by atoms with Gasteiger partial charge in [-0.05, 0) is 37.6 Å². The summed E-state index contributed by atoms with van der Waals surface area (Å²) in [5.41, 5.74) is 2.19. The van der Waals surface area contributed by atoms with E-state index in [-0.39, 0.29) is 0 Å². The summed E-state index contributed by atoms with van der Waals surface area (Å²) in [5, 5.41) is 4.33. The molecule has 0 spiro atoms. The molecule has 0 unspecified atom stereocenters. The first-order valence-corrected chi connectivity index (χ1v) is 6.92. The molecule has 0 amide bonds. The molecular weight excluding hydrogens is 244 g/mol. The first kappa shape index (κ1) is 12.9. The summed E-state index contributed by atoms with van der Waals surface area (Å²) in [4.78, 5) is 5.87. The maximum atomic E-state index is 5.16. The third-order valence-electron chi connectivity index (χ3n) is 2.69. The van der Waals surface area contributed by atoms with Crippen LogP contribution in [0.1, 0.15) is 18.2 Å². The predicted molar refractivity (Wildman–Crippen MR) is 77.6 cm³/mol. The normalized spacial score (nSPS) is 10.4. The minimum Gasteiger partial charge on any atom is -0.497 e. The Labute approximate surface area is 112 Å². The fourth-order valence-corrected chi connectivity index (χ4v) is 2.58. The minimum absolute atomic E-state index is 0.871. The van der Waals surface area contributed by atoms with Crippen LogP contribution in [0.2, 0.25) is 0 Å². The molecule has 1 N–H and O–H groups in total. The van der Waals surface area contributed by atoms with Gasteiger partial charge in [0.05, 0.1) is 12.8 Å². The molecule has 1 aromatic carbocycles. The van der Waals surface area contributed by atoms with Gasteiger partial charge < -0.3 is 10.1 Å². The number of anilines is 1. The first-order chi connectivity index (χ1) is 8.74. The molecular formula is C14H18N2OS.